The van der Waals surface area contributed by atoms with Crippen LogP contribution in [0.15, 0.2) is 23.0 Å². The third kappa shape index (κ3) is 5.61. The number of thiocarbonyl (C=S) groups is 1. The maximum atomic E-state index is 12.7. The van der Waals surface area contributed by atoms with Crippen molar-refractivity contribution in [1.82, 2.24) is 15.2 Å². The second kappa shape index (κ2) is 9.93. The summed E-state index contributed by atoms with van der Waals surface area (Å²) >= 11 is 5.62. The van der Waals surface area contributed by atoms with Gasteiger partial charge in [0.1, 0.15) is 13.2 Å². The summed E-state index contributed by atoms with van der Waals surface area (Å²) in [6.45, 7) is 6.22. The fraction of sp³-hybridized carbons (Fsp3) is 0.524. The highest BCUT2D eigenvalue weighted by atomic mass is 32.1. The molecule has 3 N–H and O–H groups in total. The van der Waals surface area contributed by atoms with Crippen LogP contribution in [0.1, 0.15) is 25.3 Å². The number of nitrogens with zero attached hydrogens (tertiary/aromatic N) is 1. The molecule has 1 aliphatic heterocycles. The molecule has 158 valence electrons. The highest BCUT2D eigenvalue weighted by Crippen LogP contribution is 2.33. The zero-order chi connectivity index (χ0) is 20.8. The van der Waals surface area contributed by atoms with E-state index in [0.29, 0.717) is 41.9 Å². The number of pyridine rings is 1. The van der Waals surface area contributed by atoms with Crippen molar-refractivity contribution in [3.8, 4) is 11.5 Å². The molecule has 1 aromatic heterocycles. The van der Waals surface area contributed by atoms with E-state index in [2.05, 4.69) is 36.2 Å². The van der Waals surface area contributed by atoms with E-state index in [-0.39, 0.29) is 5.56 Å². The molecule has 0 saturated heterocycles. The SMILES string of the molecule is CCCCNC(=S)N(CC[NH+](C)C)Cc1cc2cc3c(cc2[nH]c1=O)OCCO3. The largest absolute Gasteiger partial charge is 0.486 e. The van der Waals surface area contributed by atoms with Crippen molar-refractivity contribution in [3.63, 3.8) is 0 Å². The molecule has 0 spiro atoms. The zero-order valence-electron chi connectivity index (χ0n) is 17.5. The van der Waals surface area contributed by atoms with E-state index in [9.17, 15) is 4.79 Å². The highest BCUT2D eigenvalue weighted by Gasteiger charge is 2.17. The monoisotopic (exact) mass is 419 g/mol. The molecule has 0 atom stereocenters. The van der Waals surface area contributed by atoms with E-state index in [0.717, 1.165) is 43.4 Å². The Labute approximate surface area is 177 Å². The summed E-state index contributed by atoms with van der Waals surface area (Å²) in [7, 11) is 4.22. The molecule has 0 saturated carbocycles. The number of fused-ring (bicyclic) bond motifs is 2. The minimum atomic E-state index is -0.104. The molecule has 29 heavy (non-hydrogen) atoms. The van der Waals surface area contributed by atoms with Crippen LogP contribution in [-0.2, 0) is 6.54 Å². The van der Waals surface area contributed by atoms with Crippen LogP contribution in [0.5, 0.6) is 11.5 Å². The van der Waals surface area contributed by atoms with Gasteiger partial charge in [0.2, 0.25) is 0 Å². The summed E-state index contributed by atoms with van der Waals surface area (Å²) in [5.74, 6) is 1.38. The lowest BCUT2D eigenvalue weighted by Gasteiger charge is -2.26. The first-order chi connectivity index (χ1) is 14.0. The van der Waals surface area contributed by atoms with Crippen molar-refractivity contribution in [1.29, 1.82) is 0 Å². The van der Waals surface area contributed by atoms with Crippen LogP contribution in [-0.4, -0.2) is 61.9 Å². The summed E-state index contributed by atoms with van der Waals surface area (Å²) in [5, 5.41) is 4.94. The molecule has 1 aromatic carbocycles. The van der Waals surface area contributed by atoms with E-state index in [4.69, 9.17) is 21.7 Å². The molecule has 0 aliphatic carbocycles. The van der Waals surface area contributed by atoms with Gasteiger partial charge >= 0.3 is 0 Å². The number of aromatic nitrogens is 1. The van der Waals surface area contributed by atoms with Gasteiger partial charge in [-0.05, 0) is 30.8 Å². The molecular formula is C21H31N4O3S+. The molecule has 2 heterocycles. The van der Waals surface area contributed by atoms with Gasteiger partial charge in [-0.15, -0.1) is 0 Å². The second-order valence-electron chi connectivity index (χ2n) is 7.67. The van der Waals surface area contributed by atoms with Crippen molar-refractivity contribution in [2.75, 3.05) is 46.9 Å². The smallest absolute Gasteiger partial charge is 0.253 e. The normalized spacial score (nSPS) is 13.0. The fourth-order valence-electron chi connectivity index (χ4n) is 3.21. The number of hydrogen-bond donors (Lipinski definition) is 3. The quantitative estimate of drug-likeness (QED) is 0.437. The predicted octanol–water partition coefficient (Wildman–Crippen LogP) is 0.920. The summed E-state index contributed by atoms with van der Waals surface area (Å²) in [4.78, 5) is 19.1. The third-order valence-corrected chi connectivity index (χ3v) is 5.32. The Hall–Kier alpha value is -2.32. The predicted molar refractivity (Wildman–Crippen MR) is 119 cm³/mol. The highest BCUT2D eigenvalue weighted by molar-refractivity contribution is 7.80. The van der Waals surface area contributed by atoms with Crippen LogP contribution in [0, 0.1) is 0 Å². The topological polar surface area (TPSA) is 71.0 Å². The van der Waals surface area contributed by atoms with Crippen LogP contribution in [0.3, 0.4) is 0 Å². The summed E-state index contributed by atoms with van der Waals surface area (Å²) in [6, 6.07) is 5.69. The summed E-state index contributed by atoms with van der Waals surface area (Å²) < 4.78 is 11.3. The summed E-state index contributed by atoms with van der Waals surface area (Å²) in [5.41, 5.74) is 1.33. The number of benzene rings is 1. The molecule has 2 aromatic rings. The molecule has 0 unspecified atom stereocenters. The van der Waals surface area contributed by atoms with E-state index in [1.807, 2.05) is 18.2 Å². The molecule has 3 rings (SSSR count). The van der Waals surface area contributed by atoms with Gasteiger partial charge in [-0.25, -0.2) is 0 Å². The van der Waals surface area contributed by atoms with Crippen molar-refractivity contribution >= 4 is 28.2 Å². The number of aromatic amines is 1. The number of likely N-dealkylation sites (N-methyl/N-ethyl adjacent to an activating group) is 1. The Balaban J connectivity index is 1.84. The zero-order valence-corrected chi connectivity index (χ0v) is 18.3. The lowest BCUT2D eigenvalue weighted by Crippen LogP contribution is -3.06. The fourth-order valence-corrected chi connectivity index (χ4v) is 3.46. The van der Waals surface area contributed by atoms with Crippen LogP contribution in [0.25, 0.3) is 10.9 Å². The maximum absolute atomic E-state index is 12.7. The number of quaternary nitrogens is 1. The molecular weight excluding hydrogens is 388 g/mol. The van der Waals surface area contributed by atoms with Gasteiger partial charge in [-0.3, -0.25) is 4.79 Å². The Morgan fingerprint density at radius 2 is 1.97 bits per heavy atom. The van der Waals surface area contributed by atoms with Gasteiger partial charge < -0.3 is 29.6 Å². The number of H-pyrrole nitrogens is 1. The molecule has 0 bridgehead atoms. The minimum absolute atomic E-state index is 0.104. The number of nitrogens with one attached hydrogen (secondary N) is 3. The van der Waals surface area contributed by atoms with Crippen molar-refractivity contribution in [2.45, 2.75) is 26.3 Å². The standard InChI is InChI=1S/C21H30N4O3S/c1-4-5-6-22-21(29)25(8-7-24(2)3)14-16-11-15-12-18-19(28-10-9-27-18)13-17(15)23-20(16)26/h11-13H,4-10,14H2,1-3H3,(H,22,29)(H,23,26)/p+1. The molecule has 0 amide bonds. The van der Waals surface area contributed by atoms with Crippen molar-refractivity contribution in [3.05, 3.63) is 34.1 Å². The molecule has 8 heteroatoms. The van der Waals surface area contributed by atoms with E-state index in [1.54, 1.807) is 0 Å². The van der Waals surface area contributed by atoms with Crippen LogP contribution in [0.2, 0.25) is 0 Å². The van der Waals surface area contributed by atoms with Crippen molar-refractivity contribution in [2.24, 2.45) is 0 Å². The van der Waals surface area contributed by atoms with Crippen LogP contribution < -0.4 is 25.2 Å². The summed E-state index contributed by atoms with van der Waals surface area (Å²) in [6.07, 6.45) is 2.18. The second-order valence-corrected chi connectivity index (χ2v) is 8.06. The van der Waals surface area contributed by atoms with Gasteiger partial charge in [0.05, 0.1) is 39.2 Å². The average molecular weight is 420 g/mol. The average Bonchev–Trinajstić information content (AvgIpc) is 2.69. The van der Waals surface area contributed by atoms with Gasteiger partial charge in [0, 0.05) is 23.6 Å². The first-order valence-electron chi connectivity index (χ1n) is 10.2. The molecule has 7 nitrogen and oxygen atoms in total. The molecule has 0 radical (unpaired) electrons. The van der Waals surface area contributed by atoms with E-state index < -0.39 is 0 Å². The Morgan fingerprint density at radius 1 is 1.24 bits per heavy atom. The van der Waals surface area contributed by atoms with E-state index >= 15 is 0 Å². The van der Waals surface area contributed by atoms with E-state index in [1.165, 1.54) is 4.90 Å². The Kier molecular flexibility index (Phi) is 7.33. The first-order valence-corrected chi connectivity index (χ1v) is 10.7. The lowest BCUT2D eigenvalue weighted by atomic mass is 10.1. The minimum Gasteiger partial charge on any atom is -0.486 e. The maximum Gasteiger partial charge on any atom is 0.253 e. The van der Waals surface area contributed by atoms with Gasteiger partial charge in [-0.1, -0.05) is 13.3 Å². The van der Waals surface area contributed by atoms with Crippen LogP contribution >= 0.6 is 12.2 Å². The first kappa shape index (κ1) is 21.4. The lowest BCUT2D eigenvalue weighted by molar-refractivity contribution is -0.857. The molecule has 0 fully saturated rings. The van der Waals surface area contributed by atoms with Gasteiger partial charge in [-0.2, -0.15) is 0 Å². The van der Waals surface area contributed by atoms with Crippen molar-refractivity contribution < 1.29 is 14.4 Å². The number of unbranched alkanes of at least 4 members (excludes halogenated alkanes) is 1. The molecule has 1 aliphatic rings. The number of hydrogen-bond acceptors (Lipinski definition) is 4. The van der Waals surface area contributed by atoms with Crippen LogP contribution in [0.4, 0.5) is 0 Å². The number of ether oxygens (including phenoxy) is 2. The third-order valence-electron chi connectivity index (χ3n) is 4.92. The number of rotatable bonds is 8. The van der Waals surface area contributed by atoms with Gasteiger partial charge in [0.15, 0.2) is 16.6 Å². The Bertz CT molecular complexity index is 913. The van der Waals surface area contributed by atoms with Gasteiger partial charge in [0.25, 0.3) is 5.56 Å². The Morgan fingerprint density at radius 3 is 2.66 bits per heavy atom.